The molecule has 0 radical (unpaired) electrons. The van der Waals surface area contributed by atoms with E-state index < -0.39 is 0 Å². The first-order valence-corrected chi connectivity index (χ1v) is 6.59. The van der Waals surface area contributed by atoms with Gasteiger partial charge in [0.15, 0.2) is 0 Å². The van der Waals surface area contributed by atoms with Gasteiger partial charge in [-0.3, -0.25) is 0 Å². The molecule has 1 N–H and O–H groups in total. The van der Waals surface area contributed by atoms with Crippen molar-refractivity contribution < 1.29 is 0 Å². The van der Waals surface area contributed by atoms with Crippen LogP contribution in [0.15, 0.2) is 12.3 Å². The molecule has 1 heterocycles. The molecule has 3 nitrogen and oxygen atoms in total. The Kier molecular flexibility index (Phi) is 5.56. The van der Waals surface area contributed by atoms with Gasteiger partial charge in [0.05, 0.1) is 0 Å². The van der Waals surface area contributed by atoms with E-state index in [4.69, 9.17) is 0 Å². The van der Waals surface area contributed by atoms with E-state index in [9.17, 15) is 0 Å². The number of rotatable bonds is 6. The van der Waals surface area contributed by atoms with Gasteiger partial charge in [0, 0.05) is 23.9 Å². The largest absolute Gasteiger partial charge is 0.314 e. The molecule has 1 aromatic heterocycles. The third-order valence-electron chi connectivity index (χ3n) is 3.11. The molecule has 2 atom stereocenters. The summed E-state index contributed by atoms with van der Waals surface area (Å²) in [6.07, 6.45) is 3.03. The van der Waals surface area contributed by atoms with Gasteiger partial charge < -0.3 is 5.32 Å². The van der Waals surface area contributed by atoms with Crippen LogP contribution in [-0.4, -0.2) is 22.6 Å². The van der Waals surface area contributed by atoms with Gasteiger partial charge in [0.1, 0.15) is 5.82 Å². The van der Waals surface area contributed by atoms with Crippen molar-refractivity contribution in [1.29, 1.82) is 0 Å². The predicted molar refractivity (Wildman–Crippen MR) is 72.1 cm³/mol. The minimum Gasteiger partial charge on any atom is -0.314 e. The smallest absolute Gasteiger partial charge is 0.125 e. The fourth-order valence-corrected chi connectivity index (χ4v) is 2.33. The first-order valence-electron chi connectivity index (χ1n) is 6.59. The summed E-state index contributed by atoms with van der Waals surface area (Å²) in [6, 6.07) is 2.49. The third-order valence-corrected chi connectivity index (χ3v) is 3.11. The zero-order valence-electron chi connectivity index (χ0n) is 11.7. The van der Waals surface area contributed by atoms with Crippen molar-refractivity contribution >= 4 is 0 Å². The van der Waals surface area contributed by atoms with Crippen LogP contribution in [0.25, 0.3) is 0 Å². The number of aryl methyl sites for hydroxylation is 1. The zero-order valence-corrected chi connectivity index (χ0v) is 11.7. The molecule has 0 spiro atoms. The van der Waals surface area contributed by atoms with E-state index in [2.05, 4.69) is 43.0 Å². The summed E-state index contributed by atoms with van der Waals surface area (Å²) in [6.45, 7) is 12.0. The molecule has 2 unspecified atom stereocenters. The molecular formula is C14H25N3. The van der Waals surface area contributed by atoms with Gasteiger partial charge in [-0.15, -0.1) is 0 Å². The van der Waals surface area contributed by atoms with Crippen LogP contribution < -0.4 is 5.32 Å². The molecule has 3 heteroatoms. The van der Waals surface area contributed by atoms with E-state index in [0.717, 1.165) is 24.5 Å². The predicted octanol–water partition coefficient (Wildman–Crippen LogP) is 2.91. The average molecular weight is 235 g/mol. The number of nitrogens with zero attached hydrogens (tertiary/aromatic N) is 2. The molecule has 0 saturated heterocycles. The first kappa shape index (κ1) is 14.1. The van der Waals surface area contributed by atoms with E-state index in [0.29, 0.717) is 17.9 Å². The molecule has 0 aliphatic rings. The van der Waals surface area contributed by atoms with Crippen LogP contribution in [0.2, 0.25) is 0 Å². The maximum absolute atomic E-state index is 4.57. The van der Waals surface area contributed by atoms with Crippen LogP contribution in [0.5, 0.6) is 0 Å². The molecule has 0 aromatic carbocycles. The summed E-state index contributed by atoms with van der Waals surface area (Å²) >= 11 is 0. The van der Waals surface area contributed by atoms with Gasteiger partial charge in [-0.25, -0.2) is 9.97 Å². The third kappa shape index (κ3) is 4.08. The SMILES string of the molecule is CCCNC(C)C(c1ccnc(C)n1)C(C)C. The van der Waals surface area contributed by atoms with Gasteiger partial charge in [0.25, 0.3) is 0 Å². The van der Waals surface area contributed by atoms with Gasteiger partial charge >= 0.3 is 0 Å². The Hall–Kier alpha value is -0.960. The summed E-state index contributed by atoms with van der Waals surface area (Å²) in [5.41, 5.74) is 1.16. The second-order valence-electron chi connectivity index (χ2n) is 5.04. The van der Waals surface area contributed by atoms with Crippen LogP contribution in [0.1, 0.15) is 51.6 Å². The molecule has 0 aliphatic carbocycles. The number of hydrogen-bond acceptors (Lipinski definition) is 3. The van der Waals surface area contributed by atoms with E-state index in [1.54, 1.807) is 0 Å². The van der Waals surface area contributed by atoms with Gasteiger partial charge in [-0.05, 0) is 38.8 Å². The van der Waals surface area contributed by atoms with Gasteiger partial charge in [0.2, 0.25) is 0 Å². The van der Waals surface area contributed by atoms with Crippen LogP contribution in [0.3, 0.4) is 0 Å². The Balaban J connectivity index is 2.85. The molecule has 96 valence electrons. The molecule has 17 heavy (non-hydrogen) atoms. The first-order chi connectivity index (χ1) is 8.06. The fourth-order valence-electron chi connectivity index (χ4n) is 2.33. The maximum Gasteiger partial charge on any atom is 0.125 e. The van der Waals surface area contributed by atoms with Crippen LogP contribution in [0.4, 0.5) is 0 Å². The lowest BCUT2D eigenvalue weighted by molar-refractivity contribution is 0.370. The second kappa shape index (κ2) is 6.70. The minimum absolute atomic E-state index is 0.447. The lowest BCUT2D eigenvalue weighted by atomic mass is 9.86. The Bertz CT molecular complexity index is 336. The number of nitrogens with one attached hydrogen (secondary N) is 1. The molecule has 0 fully saturated rings. The Morgan fingerprint density at radius 2 is 2.00 bits per heavy atom. The number of aromatic nitrogens is 2. The quantitative estimate of drug-likeness (QED) is 0.824. The van der Waals surface area contributed by atoms with E-state index in [-0.39, 0.29) is 0 Å². The lowest BCUT2D eigenvalue weighted by Gasteiger charge is -2.28. The van der Waals surface area contributed by atoms with Crippen molar-refractivity contribution in [3.8, 4) is 0 Å². The minimum atomic E-state index is 0.447. The summed E-state index contributed by atoms with van der Waals surface area (Å²) in [5.74, 6) is 1.88. The highest BCUT2D eigenvalue weighted by Gasteiger charge is 2.23. The van der Waals surface area contributed by atoms with Crippen LogP contribution in [-0.2, 0) is 0 Å². The maximum atomic E-state index is 4.57. The molecule has 0 bridgehead atoms. The highest BCUT2D eigenvalue weighted by molar-refractivity contribution is 5.11. The van der Waals surface area contributed by atoms with Crippen molar-refractivity contribution in [2.75, 3.05) is 6.54 Å². The second-order valence-corrected chi connectivity index (χ2v) is 5.04. The van der Waals surface area contributed by atoms with E-state index in [1.807, 2.05) is 19.2 Å². The topological polar surface area (TPSA) is 37.8 Å². The van der Waals surface area contributed by atoms with Gasteiger partial charge in [-0.2, -0.15) is 0 Å². The normalized spacial score (nSPS) is 14.9. The van der Waals surface area contributed by atoms with Crippen molar-refractivity contribution in [1.82, 2.24) is 15.3 Å². The summed E-state index contributed by atoms with van der Waals surface area (Å²) in [5, 5.41) is 3.57. The van der Waals surface area contributed by atoms with E-state index in [1.165, 1.54) is 0 Å². The van der Waals surface area contributed by atoms with Crippen LogP contribution in [0, 0.1) is 12.8 Å². The van der Waals surface area contributed by atoms with Crippen molar-refractivity contribution in [3.63, 3.8) is 0 Å². The summed E-state index contributed by atoms with van der Waals surface area (Å²) < 4.78 is 0. The molecule has 0 saturated carbocycles. The van der Waals surface area contributed by atoms with Crippen molar-refractivity contribution in [3.05, 3.63) is 23.8 Å². The highest BCUT2D eigenvalue weighted by Crippen LogP contribution is 2.26. The Labute approximate surface area is 105 Å². The molecular weight excluding hydrogens is 210 g/mol. The van der Waals surface area contributed by atoms with Crippen molar-refractivity contribution in [2.45, 2.75) is 53.0 Å². The summed E-state index contributed by atoms with van der Waals surface area (Å²) in [7, 11) is 0. The van der Waals surface area contributed by atoms with E-state index >= 15 is 0 Å². The van der Waals surface area contributed by atoms with Crippen LogP contribution >= 0.6 is 0 Å². The molecule has 1 rings (SSSR count). The lowest BCUT2D eigenvalue weighted by Crippen LogP contribution is -2.35. The Morgan fingerprint density at radius 3 is 2.53 bits per heavy atom. The van der Waals surface area contributed by atoms with Gasteiger partial charge in [-0.1, -0.05) is 20.8 Å². The Morgan fingerprint density at radius 1 is 1.29 bits per heavy atom. The molecule has 1 aromatic rings. The summed E-state index contributed by atoms with van der Waals surface area (Å²) in [4.78, 5) is 8.74. The molecule has 0 amide bonds. The number of hydrogen-bond donors (Lipinski definition) is 1. The zero-order chi connectivity index (χ0) is 12.8. The van der Waals surface area contributed by atoms with Crippen molar-refractivity contribution in [2.24, 2.45) is 5.92 Å². The monoisotopic (exact) mass is 235 g/mol. The average Bonchev–Trinajstić information content (AvgIpc) is 2.26. The fraction of sp³-hybridized carbons (Fsp3) is 0.714. The standard InChI is InChI=1S/C14H25N3/c1-6-8-15-11(4)14(10(2)3)13-7-9-16-12(5)17-13/h7,9-11,14-15H,6,8H2,1-5H3. The molecule has 0 aliphatic heterocycles. The highest BCUT2D eigenvalue weighted by atomic mass is 14.9.